The van der Waals surface area contributed by atoms with Gasteiger partial charge in [0.2, 0.25) is 0 Å². The van der Waals surface area contributed by atoms with Crippen LogP contribution in [0, 0.1) is 25.2 Å². The molecule has 0 atom stereocenters. The minimum atomic E-state index is -0.673. The van der Waals surface area contributed by atoms with Gasteiger partial charge in [-0.15, -0.1) is 0 Å². The van der Waals surface area contributed by atoms with Crippen LogP contribution in [0.5, 0.6) is 0 Å². The van der Waals surface area contributed by atoms with E-state index >= 15 is 0 Å². The Kier molecular flexibility index (Phi) is 7.60. The molecule has 0 radical (unpaired) electrons. The second kappa shape index (κ2) is 10.8. The van der Waals surface area contributed by atoms with E-state index in [4.69, 9.17) is 14.4 Å². The predicted molar refractivity (Wildman–Crippen MR) is 122 cm³/mol. The Balaban J connectivity index is 1.61. The third-order valence-electron chi connectivity index (χ3n) is 4.72. The molecule has 0 saturated carbocycles. The van der Waals surface area contributed by atoms with Crippen molar-refractivity contribution < 1.29 is 23.5 Å². The number of hydrogen-bond acceptors (Lipinski definition) is 6. The Morgan fingerprint density at radius 2 is 1.76 bits per heavy atom. The van der Waals surface area contributed by atoms with Crippen LogP contribution in [0.3, 0.4) is 0 Å². The van der Waals surface area contributed by atoms with E-state index in [2.05, 4.69) is 5.32 Å². The highest BCUT2D eigenvalue weighted by Gasteiger charge is 2.19. The number of hydrogen-bond donors (Lipinski definition) is 1. The van der Waals surface area contributed by atoms with Crippen LogP contribution in [0.4, 0.5) is 11.4 Å². The molecular weight excluding hydrogens is 422 g/mol. The highest BCUT2D eigenvalue weighted by atomic mass is 16.5. The van der Waals surface area contributed by atoms with Crippen LogP contribution in [0.1, 0.15) is 38.5 Å². The molecule has 1 heterocycles. The molecule has 0 aliphatic heterocycles. The van der Waals surface area contributed by atoms with Gasteiger partial charge in [-0.2, -0.15) is 5.26 Å². The minimum absolute atomic E-state index is 0.151. The molecule has 0 bridgehead atoms. The number of aryl methyl sites for hydroxylation is 2. The molecule has 168 valence electrons. The van der Waals surface area contributed by atoms with Crippen molar-refractivity contribution >= 4 is 29.2 Å². The summed E-state index contributed by atoms with van der Waals surface area (Å²) in [6.45, 7) is 3.57. The van der Waals surface area contributed by atoms with Gasteiger partial charge in [0, 0.05) is 17.9 Å². The average Bonchev–Trinajstić information content (AvgIpc) is 3.33. The zero-order chi connectivity index (χ0) is 23.8. The number of rotatable bonds is 8. The van der Waals surface area contributed by atoms with Gasteiger partial charge in [-0.1, -0.05) is 6.07 Å². The summed E-state index contributed by atoms with van der Waals surface area (Å²) in [5, 5.41) is 11.6. The lowest BCUT2D eigenvalue weighted by Crippen LogP contribution is -2.35. The summed E-state index contributed by atoms with van der Waals surface area (Å²) in [6, 6.07) is 16.9. The topological polar surface area (TPSA) is 113 Å². The number of carbonyl (C=O) groups is 3. The van der Waals surface area contributed by atoms with E-state index in [0.29, 0.717) is 11.4 Å². The molecule has 33 heavy (non-hydrogen) atoms. The summed E-state index contributed by atoms with van der Waals surface area (Å²) in [5.74, 6) is -1.34. The van der Waals surface area contributed by atoms with Gasteiger partial charge in [-0.05, 0) is 73.5 Å². The lowest BCUT2D eigenvalue weighted by atomic mass is 10.1. The number of anilines is 2. The van der Waals surface area contributed by atoms with E-state index < -0.39 is 24.4 Å². The molecule has 0 spiro atoms. The third kappa shape index (κ3) is 6.31. The first-order valence-corrected chi connectivity index (χ1v) is 10.2. The Morgan fingerprint density at radius 1 is 1.06 bits per heavy atom. The van der Waals surface area contributed by atoms with Crippen LogP contribution < -0.4 is 10.2 Å². The first-order valence-electron chi connectivity index (χ1n) is 10.2. The van der Waals surface area contributed by atoms with Crippen molar-refractivity contribution in [2.45, 2.75) is 20.3 Å². The molecule has 3 aromatic rings. The van der Waals surface area contributed by atoms with Gasteiger partial charge in [-0.3, -0.25) is 9.59 Å². The molecule has 0 aliphatic rings. The lowest BCUT2D eigenvalue weighted by Gasteiger charge is -2.22. The van der Waals surface area contributed by atoms with E-state index in [0.717, 1.165) is 11.1 Å². The van der Waals surface area contributed by atoms with E-state index in [1.54, 1.807) is 18.2 Å². The summed E-state index contributed by atoms with van der Waals surface area (Å²) in [5.41, 5.74) is 3.32. The molecule has 1 N–H and O–H groups in total. The zero-order valence-corrected chi connectivity index (χ0v) is 18.3. The van der Waals surface area contributed by atoms with Gasteiger partial charge in [0.25, 0.3) is 11.8 Å². The molecule has 8 heteroatoms. The fraction of sp³-hybridized carbons (Fsp3) is 0.200. The molecule has 0 saturated heterocycles. The Hall–Kier alpha value is -4.38. The Labute approximate surface area is 191 Å². The number of nitrogens with zero attached hydrogens (tertiary/aromatic N) is 2. The van der Waals surface area contributed by atoms with Crippen molar-refractivity contribution in [3.8, 4) is 6.07 Å². The normalized spacial score (nSPS) is 10.2. The van der Waals surface area contributed by atoms with E-state index in [1.807, 2.05) is 38.1 Å². The standard InChI is InChI=1S/C25H23N3O5/c1-17-13-18(2)15-21(14-17)28(11-4-10-26)23(29)16-33-25(31)19-6-8-20(9-7-19)27-24(30)22-5-3-12-32-22/h3,5-9,12-15H,4,11,16H2,1-2H3,(H,27,30). The summed E-state index contributed by atoms with van der Waals surface area (Å²) >= 11 is 0. The van der Waals surface area contributed by atoms with Crippen molar-refractivity contribution in [1.82, 2.24) is 0 Å². The molecule has 3 rings (SSSR count). The highest BCUT2D eigenvalue weighted by Crippen LogP contribution is 2.20. The van der Waals surface area contributed by atoms with Crippen LogP contribution >= 0.6 is 0 Å². The van der Waals surface area contributed by atoms with Gasteiger partial charge < -0.3 is 19.4 Å². The third-order valence-corrected chi connectivity index (χ3v) is 4.72. The largest absolute Gasteiger partial charge is 0.459 e. The predicted octanol–water partition coefficient (Wildman–Crippen LogP) is 4.25. The number of furan rings is 1. The number of ether oxygens (including phenoxy) is 1. The second-order valence-electron chi connectivity index (χ2n) is 7.38. The van der Waals surface area contributed by atoms with E-state index in [-0.39, 0.29) is 24.3 Å². The first-order chi connectivity index (χ1) is 15.9. The number of amides is 2. The zero-order valence-electron chi connectivity index (χ0n) is 18.3. The SMILES string of the molecule is Cc1cc(C)cc(N(CCC#N)C(=O)COC(=O)c2ccc(NC(=O)c3ccco3)cc2)c1. The smallest absolute Gasteiger partial charge is 0.338 e. The van der Waals surface area contributed by atoms with E-state index in [1.165, 1.54) is 29.4 Å². The molecule has 0 aliphatic carbocycles. The van der Waals surface area contributed by atoms with Crippen molar-refractivity contribution in [1.29, 1.82) is 5.26 Å². The number of nitrogens with one attached hydrogen (secondary N) is 1. The summed E-state index contributed by atoms with van der Waals surface area (Å²) in [6.07, 6.45) is 1.55. The molecule has 8 nitrogen and oxygen atoms in total. The monoisotopic (exact) mass is 445 g/mol. The molecule has 0 fully saturated rings. The average molecular weight is 445 g/mol. The maximum atomic E-state index is 12.8. The Bertz CT molecular complexity index is 1160. The number of esters is 1. The van der Waals surface area contributed by atoms with Crippen molar-refractivity contribution in [2.24, 2.45) is 0 Å². The van der Waals surface area contributed by atoms with Gasteiger partial charge in [-0.25, -0.2) is 4.79 Å². The number of carbonyl (C=O) groups excluding carboxylic acids is 3. The van der Waals surface area contributed by atoms with Crippen LogP contribution in [0.15, 0.2) is 65.3 Å². The highest BCUT2D eigenvalue weighted by molar-refractivity contribution is 6.02. The fourth-order valence-corrected chi connectivity index (χ4v) is 3.24. The summed E-state index contributed by atoms with van der Waals surface area (Å²) in [7, 11) is 0. The number of nitriles is 1. The lowest BCUT2D eigenvalue weighted by molar-refractivity contribution is -0.121. The first kappa shape index (κ1) is 23.3. The maximum absolute atomic E-state index is 12.8. The summed E-state index contributed by atoms with van der Waals surface area (Å²) in [4.78, 5) is 38.6. The van der Waals surface area contributed by atoms with Crippen LogP contribution in [-0.4, -0.2) is 30.9 Å². The Morgan fingerprint density at radius 3 is 2.36 bits per heavy atom. The minimum Gasteiger partial charge on any atom is -0.459 e. The molecular formula is C25H23N3O5. The van der Waals surface area contributed by atoms with Gasteiger partial charge >= 0.3 is 5.97 Å². The molecule has 1 aromatic heterocycles. The van der Waals surface area contributed by atoms with Gasteiger partial charge in [0.05, 0.1) is 24.3 Å². The van der Waals surface area contributed by atoms with Crippen LogP contribution in [-0.2, 0) is 9.53 Å². The summed E-state index contributed by atoms with van der Waals surface area (Å²) < 4.78 is 10.2. The quantitative estimate of drug-likeness (QED) is 0.519. The van der Waals surface area contributed by atoms with Gasteiger partial charge in [0.1, 0.15) is 0 Å². The van der Waals surface area contributed by atoms with Crippen molar-refractivity contribution in [2.75, 3.05) is 23.4 Å². The van der Waals surface area contributed by atoms with Crippen molar-refractivity contribution in [3.05, 3.63) is 83.3 Å². The second-order valence-corrected chi connectivity index (χ2v) is 7.38. The maximum Gasteiger partial charge on any atom is 0.338 e. The molecule has 0 unspecified atom stereocenters. The van der Waals surface area contributed by atoms with E-state index in [9.17, 15) is 14.4 Å². The van der Waals surface area contributed by atoms with Crippen LogP contribution in [0.2, 0.25) is 0 Å². The van der Waals surface area contributed by atoms with Crippen LogP contribution in [0.25, 0.3) is 0 Å². The molecule has 2 amide bonds. The fourth-order valence-electron chi connectivity index (χ4n) is 3.24. The number of benzene rings is 2. The van der Waals surface area contributed by atoms with Crippen molar-refractivity contribution in [3.63, 3.8) is 0 Å². The molecule has 2 aromatic carbocycles. The van der Waals surface area contributed by atoms with Gasteiger partial charge in [0.15, 0.2) is 12.4 Å².